The van der Waals surface area contributed by atoms with E-state index in [-0.39, 0.29) is 18.2 Å². The molecule has 0 aromatic carbocycles. The summed E-state index contributed by atoms with van der Waals surface area (Å²) in [7, 11) is -3.62. The van der Waals surface area contributed by atoms with Crippen molar-refractivity contribution in [2.75, 3.05) is 18.8 Å². The van der Waals surface area contributed by atoms with Crippen molar-refractivity contribution in [3.63, 3.8) is 0 Å². The van der Waals surface area contributed by atoms with Crippen LogP contribution >= 0.6 is 0 Å². The molecule has 1 N–H and O–H groups in total. The molecule has 8 heteroatoms. The number of piperidine rings is 1. The highest BCUT2D eigenvalue weighted by molar-refractivity contribution is 7.90. The van der Waals surface area contributed by atoms with Gasteiger partial charge in [0.2, 0.25) is 15.9 Å². The summed E-state index contributed by atoms with van der Waals surface area (Å²) in [5.74, 6) is -0.801. The third kappa shape index (κ3) is 4.31. The van der Waals surface area contributed by atoms with Crippen LogP contribution in [-0.4, -0.2) is 49.0 Å². The number of nitrogens with one attached hydrogen (secondary N) is 1. The van der Waals surface area contributed by atoms with Crippen LogP contribution in [0.4, 0.5) is 0 Å². The summed E-state index contributed by atoms with van der Waals surface area (Å²) in [6, 6.07) is 3.25. The van der Waals surface area contributed by atoms with Gasteiger partial charge in [0.1, 0.15) is 0 Å². The molecule has 2 amide bonds. The molecule has 1 saturated heterocycles. The van der Waals surface area contributed by atoms with E-state index in [0.29, 0.717) is 31.4 Å². The Labute approximate surface area is 142 Å². The third-order valence-corrected chi connectivity index (χ3v) is 5.62. The highest BCUT2D eigenvalue weighted by Gasteiger charge is 2.40. The van der Waals surface area contributed by atoms with Crippen LogP contribution in [0.5, 0.6) is 0 Å². The molecule has 132 valence electrons. The van der Waals surface area contributed by atoms with E-state index in [1.807, 2.05) is 0 Å². The van der Waals surface area contributed by atoms with E-state index in [1.54, 1.807) is 43.3 Å². The van der Waals surface area contributed by atoms with E-state index in [0.717, 1.165) is 0 Å². The van der Waals surface area contributed by atoms with Gasteiger partial charge in [0.25, 0.3) is 5.91 Å². The maximum Gasteiger partial charge on any atom is 0.253 e. The molecule has 1 atom stereocenters. The van der Waals surface area contributed by atoms with Crippen LogP contribution in [0.1, 0.15) is 43.5 Å². The molecule has 2 rings (SSSR count). The zero-order chi connectivity index (χ0) is 17.8. The van der Waals surface area contributed by atoms with Crippen LogP contribution < -0.4 is 4.72 Å². The van der Waals surface area contributed by atoms with Crippen molar-refractivity contribution in [2.45, 2.75) is 33.1 Å². The Kier molecular flexibility index (Phi) is 5.58. The number of hydrogen-bond donors (Lipinski definition) is 1. The zero-order valence-corrected chi connectivity index (χ0v) is 14.8. The fourth-order valence-corrected chi connectivity index (χ4v) is 4.03. The van der Waals surface area contributed by atoms with Gasteiger partial charge in [-0.15, -0.1) is 0 Å². The highest BCUT2D eigenvalue weighted by Crippen LogP contribution is 2.30. The lowest BCUT2D eigenvalue weighted by Crippen LogP contribution is -2.53. The van der Waals surface area contributed by atoms with E-state index in [4.69, 9.17) is 0 Å². The van der Waals surface area contributed by atoms with Crippen LogP contribution in [0.2, 0.25) is 0 Å². The molecule has 0 bridgehead atoms. The number of hydrogen-bond acceptors (Lipinski definition) is 5. The van der Waals surface area contributed by atoms with Gasteiger partial charge in [-0.25, -0.2) is 8.42 Å². The second-order valence-electron chi connectivity index (χ2n) is 6.38. The minimum absolute atomic E-state index is 0.0888. The van der Waals surface area contributed by atoms with Crippen LogP contribution in [0, 0.1) is 5.41 Å². The van der Waals surface area contributed by atoms with E-state index in [2.05, 4.69) is 9.71 Å². The molecule has 0 spiro atoms. The predicted molar refractivity (Wildman–Crippen MR) is 89.7 cm³/mol. The Morgan fingerprint density at radius 1 is 1.33 bits per heavy atom. The van der Waals surface area contributed by atoms with Crippen LogP contribution in [-0.2, 0) is 14.8 Å². The molecule has 1 fully saturated rings. The molecule has 1 aliphatic rings. The summed E-state index contributed by atoms with van der Waals surface area (Å²) in [6.07, 6.45) is 4.71. The molecule has 1 aromatic heterocycles. The smallest absolute Gasteiger partial charge is 0.253 e. The normalized spacial score (nSPS) is 21.3. The molecule has 0 saturated carbocycles. The lowest BCUT2D eigenvalue weighted by atomic mass is 9.81. The molecule has 1 aliphatic heterocycles. The van der Waals surface area contributed by atoms with Crippen molar-refractivity contribution in [1.29, 1.82) is 0 Å². The maximum atomic E-state index is 12.5. The van der Waals surface area contributed by atoms with Gasteiger partial charge in [0.05, 0.1) is 11.2 Å². The minimum Gasteiger partial charge on any atom is -0.338 e. The first-order valence-corrected chi connectivity index (χ1v) is 9.67. The summed E-state index contributed by atoms with van der Waals surface area (Å²) >= 11 is 0. The van der Waals surface area contributed by atoms with Crippen LogP contribution in [0.15, 0.2) is 24.5 Å². The van der Waals surface area contributed by atoms with Gasteiger partial charge in [-0.3, -0.25) is 19.3 Å². The lowest BCUT2D eigenvalue weighted by Gasteiger charge is -2.39. The molecule has 24 heavy (non-hydrogen) atoms. The highest BCUT2D eigenvalue weighted by atomic mass is 32.2. The van der Waals surface area contributed by atoms with Gasteiger partial charge in [0.15, 0.2) is 0 Å². The maximum absolute atomic E-state index is 12.5. The molecular formula is C16H23N3O4S. The Morgan fingerprint density at radius 2 is 2.00 bits per heavy atom. The van der Waals surface area contributed by atoms with Crippen molar-refractivity contribution in [2.24, 2.45) is 5.41 Å². The van der Waals surface area contributed by atoms with Crippen molar-refractivity contribution in [3.05, 3.63) is 30.1 Å². The van der Waals surface area contributed by atoms with E-state index in [1.165, 1.54) is 0 Å². The summed E-state index contributed by atoms with van der Waals surface area (Å²) < 4.78 is 25.8. The number of rotatable bonds is 5. The van der Waals surface area contributed by atoms with E-state index in [9.17, 15) is 18.0 Å². The SMILES string of the molecule is CCCS(=O)(=O)NC(=O)C1(C)CCCN(C(=O)c2ccncc2)C1. The standard InChI is InChI=1S/C16H23N3O4S/c1-3-11-24(22,23)18-15(21)16(2)7-4-10-19(12-16)14(20)13-5-8-17-9-6-13/h5-6,8-9H,3-4,7,10-12H2,1-2H3,(H,18,21). The van der Waals surface area contributed by atoms with Gasteiger partial charge >= 0.3 is 0 Å². The predicted octanol–water partition coefficient (Wildman–Crippen LogP) is 1.18. The number of likely N-dealkylation sites (tertiary alicyclic amines) is 1. The summed E-state index contributed by atoms with van der Waals surface area (Å²) in [5, 5.41) is 0. The largest absolute Gasteiger partial charge is 0.338 e. The van der Waals surface area contributed by atoms with Gasteiger partial charge in [-0.1, -0.05) is 6.92 Å². The second kappa shape index (κ2) is 7.29. The second-order valence-corrected chi connectivity index (χ2v) is 8.22. The van der Waals surface area contributed by atoms with Gasteiger partial charge in [-0.05, 0) is 38.3 Å². The number of carbonyl (C=O) groups is 2. The summed E-state index contributed by atoms with van der Waals surface area (Å²) in [4.78, 5) is 30.5. The number of pyridine rings is 1. The number of nitrogens with zero attached hydrogens (tertiary/aromatic N) is 2. The number of aromatic nitrogens is 1. The van der Waals surface area contributed by atoms with Crippen molar-refractivity contribution in [3.8, 4) is 0 Å². The van der Waals surface area contributed by atoms with Crippen molar-refractivity contribution >= 4 is 21.8 Å². The van der Waals surface area contributed by atoms with E-state index < -0.39 is 21.3 Å². The molecular weight excluding hydrogens is 330 g/mol. The number of sulfonamides is 1. The van der Waals surface area contributed by atoms with Crippen molar-refractivity contribution in [1.82, 2.24) is 14.6 Å². The van der Waals surface area contributed by atoms with Gasteiger partial charge in [0, 0.05) is 31.0 Å². The fourth-order valence-electron chi connectivity index (χ4n) is 2.86. The quantitative estimate of drug-likeness (QED) is 0.857. The van der Waals surface area contributed by atoms with Crippen LogP contribution in [0.25, 0.3) is 0 Å². The Morgan fingerprint density at radius 3 is 2.62 bits per heavy atom. The van der Waals surface area contributed by atoms with E-state index >= 15 is 0 Å². The lowest BCUT2D eigenvalue weighted by molar-refractivity contribution is -0.130. The first-order chi connectivity index (χ1) is 11.3. The van der Waals surface area contributed by atoms with Gasteiger partial charge < -0.3 is 4.90 Å². The molecule has 0 aliphatic carbocycles. The summed E-state index contributed by atoms with van der Waals surface area (Å²) in [5.41, 5.74) is -0.407. The first kappa shape index (κ1) is 18.4. The Balaban J connectivity index is 2.11. The molecule has 0 radical (unpaired) electrons. The third-order valence-electron chi connectivity index (χ3n) is 4.18. The fraction of sp³-hybridized carbons (Fsp3) is 0.562. The average Bonchev–Trinajstić information content (AvgIpc) is 2.54. The zero-order valence-electron chi connectivity index (χ0n) is 14.0. The topological polar surface area (TPSA) is 96.4 Å². The molecule has 1 aromatic rings. The Bertz CT molecular complexity index is 705. The van der Waals surface area contributed by atoms with Crippen LogP contribution in [0.3, 0.4) is 0 Å². The minimum atomic E-state index is -3.62. The number of carbonyl (C=O) groups excluding carboxylic acids is 2. The monoisotopic (exact) mass is 353 g/mol. The number of amides is 2. The molecule has 2 heterocycles. The van der Waals surface area contributed by atoms with Crippen molar-refractivity contribution < 1.29 is 18.0 Å². The Hall–Kier alpha value is -1.96. The summed E-state index contributed by atoms with van der Waals surface area (Å²) in [6.45, 7) is 4.18. The molecule has 1 unspecified atom stereocenters. The van der Waals surface area contributed by atoms with Gasteiger partial charge in [-0.2, -0.15) is 0 Å². The molecule has 7 nitrogen and oxygen atoms in total. The first-order valence-electron chi connectivity index (χ1n) is 8.02. The average molecular weight is 353 g/mol.